The van der Waals surface area contributed by atoms with Crippen LogP contribution in [0.3, 0.4) is 0 Å². The van der Waals surface area contributed by atoms with Crippen LogP contribution in [0.5, 0.6) is 0 Å². The minimum Gasteiger partial charge on any atom is -0.465 e. The summed E-state index contributed by atoms with van der Waals surface area (Å²) in [6.45, 7) is 1.26. The normalized spacial score (nSPS) is 11.0. The van der Waals surface area contributed by atoms with Crippen LogP contribution in [0.15, 0.2) is 77.7 Å². The molecule has 0 aliphatic heterocycles. The van der Waals surface area contributed by atoms with Gasteiger partial charge in [-0.1, -0.05) is 48.0 Å². The largest absolute Gasteiger partial charge is 0.465 e. The molecule has 166 valence electrons. The van der Waals surface area contributed by atoms with Crippen LogP contribution in [-0.2, 0) is 19.6 Å². The molecule has 3 rings (SSSR count). The van der Waals surface area contributed by atoms with Gasteiger partial charge in [-0.05, 0) is 48.9 Å². The average molecular weight is 473 g/mol. The van der Waals surface area contributed by atoms with Crippen molar-refractivity contribution >= 4 is 44.9 Å². The van der Waals surface area contributed by atoms with Gasteiger partial charge in [0.25, 0.3) is 10.0 Å². The van der Waals surface area contributed by atoms with Crippen molar-refractivity contribution in [1.82, 2.24) is 0 Å². The Kier molecular flexibility index (Phi) is 7.17. The molecule has 0 aliphatic carbocycles. The van der Waals surface area contributed by atoms with E-state index >= 15 is 0 Å². The molecule has 0 radical (unpaired) electrons. The molecule has 1 N–H and O–H groups in total. The molecular formula is C23H21ClN2O5S. The lowest BCUT2D eigenvalue weighted by Crippen LogP contribution is -2.38. The van der Waals surface area contributed by atoms with Gasteiger partial charge in [0.1, 0.15) is 6.54 Å². The van der Waals surface area contributed by atoms with Crippen LogP contribution in [0.1, 0.15) is 15.9 Å². The van der Waals surface area contributed by atoms with Crippen molar-refractivity contribution in [3.8, 4) is 0 Å². The average Bonchev–Trinajstić information content (AvgIpc) is 2.79. The summed E-state index contributed by atoms with van der Waals surface area (Å²) in [5.74, 6) is -1.22. The van der Waals surface area contributed by atoms with E-state index < -0.39 is 28.4 Å². The number of nitrogens with one attached hydrogen (secondary N) is 1. The second kappa shape index (κ2) is 9.84. The van der Waals surface area contributed by atoms with Gasteiger partial charge in [-0.3, -0.25) is 9.10 Å². The Balaban J connectivity index is 1.95. The predicted octanol–water partition coefficient (Wildman–Crippen LogP) is 4.27. The Labute approximate surface area is 191 Å². The van der Waals surface area contributed by atoms with Gasteiger partial charge in [-0.25, -0.2) is 13.2 Å². The summed E-state index contributed by atoms with van der Waals surface area (Å²) >= 11 is 6.15. The van der Waals surface area contributed by atoms with Crippen LogP contribution in [0.2, 0.25) is 5.02 Å². The van der Waals surface area contributed by atoms with Crippen LogP contribution in [0.4, 0.5) is 11.4 Å². The summed E-state index contributed by atoms with van der Waals surface area (Å²) in [5, 5.41) is 2.78. The highest BCUT2D eigenvalue weighted by Crippen LogP contribution is 2.28. The lowest BCUT2D eigenvalue weighted by Gasteiger charge is -2.25. The molecular weight excluding hydrogens is 452 g/mol. The first-order chi connectivity index (χ1) is 15.2. The maximum Gasteiger partial charge on any atom is 0.337 e. The maximum absolute atomic E-state index is 13.4. The second-order valence-electron chi connectivity index (χ2n) is 6.85. The molecule has 0 unspecified atom stereocenters. The third-order valence-corrected chi connectivity index (χ3v) is 6.77. The number of carbonyl (C=O) groups is 2. The summed E-state index contributed by atoms with van der Waals surface area (Å²) in [6, 6.07) is 19.0. The number of sulfonamides is 1. The van der Waals surface area contributed by atoms with Crippen molar-refractivity contribution in [2.75, 3.05) is 23.3 Å². The Hall–Kier alpha value is -3.36. The lowest BCUT2D eigenvalue weighted by molar-refractivity contribution is -0.114. The zero-order chi connectivity index (χ0) is 23.3. The van der Waals surface area contributed by atoms with Crippen LogP contribution >= 0.6 is 11.6 Å². The Morgan fingerprint density at radius 1 is 1.00 bits per heavy atom. The van der Waals surface area contributed by atoms with Crippen LogP contribution in [-0.4, -0.2) is 33.9 Å². The number of hydrogen-bond donors (Lipinski definition) is 1. The third-order valence-electron chi connectivity index (χ3n) is 4.66. The van der Waals surface area contributed by atoms with Gasteiger partial charge >= 0.3 is 5.97 Å². The van der Waals surface area contributed by atoms with Crippen LogP contribution < -0.4 is 9.62 Å². The number of aryl methyl sites for hydroxylation is 1. The molecule has 0 atom stereocenters. The van der Waals surface area contributed by atoms with E-state index in [2.05, 4.69) is 10.1 Å². The number of benzene rings is 3. The molecule has 32 heavy (non-hydrogen) atoms. The van der Waals surface area contributed by atoms with E-state index in [4.69, 9.17) is 11.6 Å². The fourth-order valence-electron chi connectivity index (χ4n) is 3.05. The topological polar surface area (TPSA) is 92.8 Å². The number of methoxy groups -OCH3 is 1. The summed E-state index contributed by atoms with van der Waals surface area (Å²) < 4.78 is 32.5. The summed E-state index contributed by atoms with van der Waals surface area (Å²) in [6.07, 6.45) is 0. The first-order valence-electron chi connectivity index (χ1n) is 9.55. The number of ether oxygens (including phenoxy) is 1. The Morgan fingerprint density at radius 2 is 1.66 bits per heavy atom. The number of amides is 1. The number of nitrogens with zero attached hydrogens (tertiary/aromatic N) is 1. The molecule has 0 aliphatic rings. The van der Waals surface area contributed by atoms with E-state index in [9.17, 15) is 18.0 Å². The van der Waals surface area contributed by atoms with Crippen LogP contribution in [0.25, 0.3) is 0 Å². The standard InChI is InChI=1S/C23H21ClN2O5S/c1-16-8-6-7-11-21(16)26(32(29,30)18-9-4-3-5-10-18)15-22(27)25-20-14-17(23(28)31-2)12-13-19(20)24/h3-14H,15H2,1-2H3,(H,25,27). The van der Waals surface area contributed by atoms with E-state index in [0.717, 1.165) is 4.31 Å². The maximum atomic E-state index is 13.4. The smallest absolute Gasteiger partial charge is 0.337 e. The Bertz CT molecular complexity index is 1250. The van der Waals surface area contributed by atoms with Gasteiger partial charge in [0.15, 0.2) is 0 Å². The third kappa shape index (κ3) is 5.09. The highest BCUT2D eigenvalue weighted by atomic mass is 35.5. The van der Waals surface area contributed by atoms with Crippen molar-refractivity contribution in [2.45, 2.75) is 11.8 Å². The highest BCUT2D eigenvalue weighted by molar-refractivity contribution is 7.92. The monoisotopic (exact) mass is 472 g/mol. The van der Waals surface area contributed by atoms with Crippen LogP contribution in [0, 0.1) is 6.92 Å². The summed E-state index contributed by atoms with van der Waals surface area (Å²) in [5.41, 5.74) is 1.42. The molecule has 0 heterocycles. The number of para-hydroxylation sites is 1. The number of anilines is 2. The van der Waals surface area contributed by atoms with Crippen molar-refractivity contribution in [2.24, 2.45) is 0 Å². The van der Waals surface area contributed by atoms with Crippen molar-refractivity contribution < 1.29 is 22.7 Å². The Morgan fingerprint density at radius 3 is 2.31 bits per heavy atom. The zero-order valence-corrected chi connectivity index (χ0v) is 19.0. The molecule has 0 fully saturated rings. The van der Waals surface area contributed by atoms with Gasteiger partial charge in [-0.2, -0.15) is 0 Å². The molecule has 0 bridgehead atoms. The van der Waals surface area contributed by atoms with Gasteiger partial charge in [0, 0.05) is 0 Å². The number of esters is 1. The molecule has 3 aromatic rings. The zero-order valence-electron chi connectivity index (χ0n) is 17.4. The molecule has 3 aromatic carbocycles. The summed E-state index contributed by atoms with van der Waals surface area (Å²) in [4.78, 5) is 24.7. The lowest BCUT2D eigenvalue weighted by atomic mass is 10.2. The minimum absolute atomic E-state index is 0.0572. The van der Waals surface area contributed by atoms with Gasteiger partial charge < -0.3 is 10.1 Å². The van der Waals surface area contributed by atoms with Gasteiger partial charge in [0.2, 0.25) is 5.91 Å². The molecule has 1 amide bonds. The molecule has 0 saturated carbocycles. The van der Waals surface area contributed by atoms with E-state index in [0.29, 0.717) is 11.3 Å². The SMILES string of the molecule is COC(=O)c1ccc(Cl)c(NC(=O)CN(c2ccccc2C)S(=O)(=O)c2ccccc2)c1. The van der Waals surface area contributed by atoms with Crippen molar-refractivity contribution in [1.29, 1.82) is 0 Å². The fourth-order valence-corrected chi connectivity index (χ4v) is 4.72. The van der Waals surface area contributed by atoms with E-state index in [1.165, 1.54) is 37.4 Å². The second-order valence-corrected chi connectivity index (χ2v) is 9.12. The molecule has 0 saturated heterocycles. The van der Waals surface area contributed by atoms with E-state index in [-0.39, 0.29) is 21.2 Å². The molecule has 9 heteroatoms. The van der Waals surface area contributed by atoms with Crippen molar-refractivity contribution in [3.05, 3.63) is 88.9 Å². The first-order valence-corrected chi connectivity index (χ1v) is 11.4. The first kappa shape index (κ1) is 23.3. The quantitative estimate of drug-likeness (QED) is 0.518. The molecule has 7 nitrogen and oxygen atoms in total. The fraction of sp³-hybridized carbons (Fsp3) is 0.130. The predicted molar refractivity (Wildman–Crippen MR) is 124 cm³/mol. The minimum atomic E-state index is -4.03. The number of halogens is 1. The highest BCUT2D eigenvalue weighted by Gasteiger charge is 2.28. The number of rotatable bonds is 7. The summed E-state index contributed by atoms with van der Waals surface area (Å²) in [7, 11) is -2.79. The number of hydrogen-bond acceptors (Lipinski definition) is 5. The van der Waals surface area contributed by atoms with Crippen molar-refractivity contribution in [3.63, 3.8) is 0 Å². The van der Waals surface area contributed by atoms with E-state index in [1.54, 1.807) is 49.4 Å². The van der Waals surface area contributed by atoms with Gasteiger partial charge in [0.05, 0.1) is 34.0 Å². The van der Waals surface area contributed by atoms with E-state index in [1.807, 2.05) is 0 Å². The van der Waals surface area contributed by atoms with Gasteiger partial charge in [-0.15, -0.1) is 0 Å². The molecule has 0 aromatic heterocycles. The number of carbonyl (C=O) groups excluding carboxylic acids is 2. The molecule has 0 spiro atoms.